The molecule has 98 valence electrons. The Morgan fingerprint density at radius 2 is 1.89 bits per heavy atom. The molecule has 0 fully saturated rings. The van der Waals surface area contributed by atoms with Crippen molar-refractivity contribution in [1.82, 2.24) is 4.90 Å². The lowest BCUT2D eigenvalue weighted by Gasteiger charge is -2.22. The van der Waals surface area contributed by atoms with Crippen molar-refractivity contribution >= 4 is 5.69 Å². The van der Waals surface area contributed by atoms with Gasteiger partial charge in [0, 0.05) is 24.6 Å². The number of anilines is 1. The maximum atomic E-state index is 2.40. The summed E-state index contributed by atoms with van der Waals surface area (Å²) >= 11 is 0. The predicted octanol–water partition coefficient (Wildman–Crippen LogP) is 4.13. The first-order chi connectivity index (χ1) is 8.81. The molecule has 2 heteroatoms. The molecule has 1 aliphatic rings. The molecule has 18 heavy (non-hydrogen) atoms. The number of aryl methyl sites for hydroxylation is 1. The number of benzene rings is 1. The van der Waals surface area contributed by atoms with E-state index in [2.05, 4.69) is 60.3 Å². The molecular formula is C16H24N2. The highest BCUT2D eigenvalue weighted by Gasteiger charge is 2.14. The number of nitrogens with zero attached hydrogens (tertiary/aromatic N) is 2. The van der Waals surface area contributed by atoms with Crippen molar-refractivity contribution < 1.29 is 0 Å². The maximum absolute atomic E-state index is 2.40. The second-order valence-corrected chi connectivity index (χ2v) is 5.07. The van der Waals surface area contributed by atoms with Crippen LogP contribution in [0.15, 0.2) is 36.7 Å². The average Bonchev–Trinajstić information content (AvgIpc) is 2.84. The third-order valence-electron chi connectivity index (χ3n) is 3.52. The van der Waals surface area contributed by atoms with Gasteiger partial charge >= 0.3 is 0 Å². The van der Waals surface area contributed by atoms with Gasteiger partial charge in [0.15, 0.2) is 0 Å². The van der Waals surface area contributed by atoms with Crippen LogP contribution in [0.1, 0.15) is 38.2 Å². The van der Waals surface area contributed by atoms with Crippen LogP contribution < -0.4 is 4.90 Å². The van der Waals surface area contributed by atoms with Gasteiger partial charge in [-0.2, -0.15) is 0 Å². The van der Waals surface area contributed by atoms with E-state index in [1.165, 1.54) is 43.5 Å². The molecule has 0 spiro atoms. The lowest BCUT2D eigenvalue weighted by Crippen LogP contribution is -2.26. The van der Waals surface area contributed by atoms with Crippen LogP contribution in [0.3, 0.4) is 0 Å². The van der Waals surface area contributed by atoms with Crippen LogP contribution in [0.4, 0.5) is 5.69 Å². The van der Waals surface area contributed by atoms with Gasteiger partial charge in [0.2, 0.25) is 0 Å². The van der Waals surface area contributed by atoms with E-state index in [0.717, 1.165) is 6.67 Å². The van der Waals surface area contributed by atoms with E-state index in [0.29, 0.717) is 0 Å². The van der Waals surface area contributed by atoms with Gasteiger partial charge in [-0.25, -0.2) is 0 Å². The summed E-state index contributed by atoms with van der Waals surface area (Å²) in [7, 11) is 0. The molecule has 0 amide bonds. The zero-order valence-corrected chi connectivity index (χ0v) is 11.6. The summed E-state index contributed by atoms with van der Waals surface area (Å²) in [5.41, 5.74) is 2.67. The Kier molecular flexibility index (Phi) is 4.68. The lowest BCUT2D eigenvalue weighted by molar-refractivity contribution is 0.389. The number of hydrogen-bond acceptors (Lipinski definition) is 2. The number of rotatable bonds is 6. The SMILES string of the molecule is CCCCCCN1C=CN(c2ccccc2C)C1. The van der Waals surface area contributed by atoms with Gasteiger partial charge < -0.3 is 9.80 Å². The molecule has 1 heterocycles. The quantitative estimate of drug-likeness (QED) is 0.694. The van der Waals surface area contributed by atoms with Crippen LogP contribution >= 0.6 is 0 Å². The highest BCUT2D eigenvalue weighted by Crippen LogP contribution is 2.23. The fourth-order valence-electron chi connectivity index (χ4n) is 2.39. The number of hydrogen-bond donors (Lipinski definition) is 0. The first-order valence-corrected chi connectivity index (χ1v) is 7.06. The van der Waals surface area contributed by atoms with Crippen molar-refractivity contribution in [1.29, 1.82) is 0 Å². The minimum atomic E-state index is 0.997. The van der Waals surface area contributed by atoms with Gasteiger partial charge in [-0.15, -0.1) is 0 Å². The normalized spacial score (nSPS) is 14.6. The standard InChI is InChI=1S/C16H24N2/c1-3-4-5-8-11-17-12-13-18(14-17)16-10-7-6-9-15(16)2/h6-7,9-10,12-13H,3-5,8,11,14H2,1-2H3. The molecule has 0 saturated carbocycles. The Labute approximate surface area is 111 Å². The monoisotopic (exact) mass is 244 g/mol. The van der Waals surface area contributed by atoms with E-state index >= 15 is 0 Å². The van der Waals surface area contributed by atoms with Crippen LogP contribution in [0.2, 0.25) is 0 Å². The molecule has 0 atom stereocenters. The second-order valence-electron chi connectivity index (χ2n) is 5.07. The summed E-state index contributed by atoms with van der Waals surface area (Å²) in [5.74, 6) is 0. The smallest absolute Gasteiger partial charge is 0.0941 e. The average molecular weight is 244 g/mol. The highest BCUT2D eigenvalue weighted by atomic mass is 15.3. The Hall–Kier alpha value is -1.44. The van der Waals surface area contributed by atoms with Crippen molar-refractivity contribution in [2.75, 3.05) is 18.1 Å². The van der Waals surface area contributed by atoms with E-state index < -0.39 is 0 Å². The van der Waals surface area contributed by atoms with E-state index in [1.807, 2.05) is 0 Å². The molecule has 0 aliphatic carbocycles. The van der Waals surface area contributed by atoms with Gasteiger partial charge in [0.25, 0.3) is 0 Å². The first kappa shape index (κ1) is 13.0. The number of para-hydroxylation sites is 1. The fourth-order valence-corrected chi connectivity index (χ4v) is 2.39. The minimum absolute atomic E-state index is 0.997. The summed E-state index contributed by atoms with van der Waals surface area (Å²) in [4.78, 5) is 4.73. The van der Waals surface area contributed by atoms with Gasteiger partial charge in [0.1, 0.15) is 0 Å². The Balaban J connectivity index is 1.82. The molecule has 0 radical (unpaired) electrons. The summed E-state index contributed by atoms with van der Waals surface area (Å²) in [5, 5.41) is 0. The van der Waals surface area contributed by atoms with Crippen molar-refractivity contribution in [3.05, 3.63) is 42.2 Å². The molecule has 0 aromatic heterocycles. The van der Waals surface area contributed by atoms with Gasteiger partial charge in [-0.3, -0.25) is 0 Å². The Morgan fingerprint density at radius 3 is 2.67 bits per heavy atom. The molecule has 0 saturated heterocycles. The van der Waals surface area contributed by atoms with Crippen molar-refractivity contribution in [3.8, 4) is 0 Å². The van der Waals surface area contributed by atoms with E-state index in [1.54, 1.807) is 0 Å². The molecule has 1 aromatic rings. The van der Waals surface area contributed by atoms with Gasteiger partial charge in [0.05, 0.1) is 6.67 Å². The minimum Gasteiger partial charge on any atom is -0.358 e. The van der Waals surface area contributed by atoms with Gasteiger partial charge in [-0.05, 0) is 25.0 Å². The highest BCUT2D eigenvalue weighted by molar-refractivity contribution is 5.55. The Bertz CT molecular complexity index is 398. The number of unbranched alkanes of at least 4 members (excludes halogenated alkanes) is 3. The van der Waals surface area contributed by atoms with Crippen LogP contribution in [0.25, 0.3) is 0 Å². The third-order valence-corrected chi connectivity index (χ3v) is 3.52. The van der Waals surface area contributed by atoms with Crippen molar-refractivity contribution in [3.63, 3.8) is 0 Å². The van der Waals surface area contributed by atoms with Crippen LogP contribution in [-0.2, 0) is 0 Å². The largest absolute Gasteiger partial charge is 0.358 e. The summed E-state index contributed by atoms with van der Waals surface area (Å²) in [6, 6.07) is 8.58. The Morgan fingerprint density at radius 1 is 1.06 bits per heavy atom. The topological polar surface area (TPSA) is 6.48 Å². The molecule has 0 unspecified atom stereocenters. The lowest BCUT2D eigenvalue weighted by atomic mass is 10.2. The fraction of sp³-hybridized carbons (Fsp3) is 0.500. The predicted molar refractivity (Wildman–Crippen MR) is 78.5 cm³/mol. The van der Waals surface area contributed by atoms with Crippen molar-refractivity contribution in [2.24, 2.45) is 0 Å². The van der Waals surface area contributed by atoms with E-state index in [9.17, 15) is 0 Å². The second kappa shape index (κ2) is 6.48. The molecule has 2 nitrogen and oxygen atoms in total. The van der Waals surface area contributed by atoms with Crippen LogP contribution in [0, 0.1) is 6.92 Å². The molecule has 1 aromatic carbocycles. The molecule has 2 rings (SSSR count). The van der Waals surface area contributed by atoms with Gasteiger partial charge in [-0.1, -0.05) is 44.4 Å². The zero-order valence-electron chi connectivity index (χ0n) is 11.6. The van der Waals surface area contributed by atoms with Crippen molar-refractivity contribution in [2.45, 2.75) is 39.5 Å². The molecule has 0 N–H and O–H groups in total. The summed E-state index contributed by atoms with van der Waals surface area (Å²) in [6.07, 6.45) is 9.75. The molecular weight excluding hydrogens is 220 g/mol. The van der Waals surface area contributed by atoms with Crippen LogP contribution in [-0.4, -0.2) is 18.1 Å². The van der Waals surface area contributed by atoms with E-state index in [4.69, 9.17) is 0 Å². The first-order valence-electron chi connectivity index (χ1n) is 7.06. The third kappa shape index (κ3) is 3.28. The zero-order chi connectivity index (χ0) is 12.8. The molecule has 1 aliphatic heterocycles. The summed E-state index contributed by atoms with van der Waals surface area (Å²) in [6.45, 7) is 6.61. The summed E-state index contributed by atoms with van der Waals surface area (Å²) < 4.78 is 0. The molecule has 0 bridgehead atoms. The van der Waals surface area contributed by atoms with Crippen LogP contribution in [0.5, 0.6) is 0 Å². The van der Waals surface area contributed by atoms with E-state index in [-0.39, 0.29) is 0 Å². The maximum Gasteiger partial charge on any atom is 0.0941 e.